The molecule has 7 nitrogen and oxygen atoms in total. The lowest BCUT2D eigenvalue weighted by atomic mass is 9.93. The van der Waals surface area contributed by atoms with Crippen molar-refractivity contribution in [3.63, 3.8) is 0 Å². The summed E-state index contributed by atoms with van der Waals surface area (Å²) in [5.74, 6) is 1.80. The van der Waals surface area contributed by atoms with Crippen LogP contribution in [-0.2, 0) is 22.6 Å². The van der Waals surface area contributed by atoms with E-state index in [1.54, 1.807) is 6.92 Å². The van der Waals surface area contributed by atoms with Gasteiger partial charge < -0.3 is 24.4 Å². The molecule has 0 amide bonds. The van der Waals surface area contributed by atoms with Crippen molar-refractivity contribution in [1.29, 1.82) is 0 Å². The molecular formula is C32H37NO6. The van der Waals surface area contributed by atoms with E-state index in [1.165, 1.54) is 5.56 Å². The van der Waals surface area contributed by atoms with Crippen LogP contribution in [0.25, 0.3) is 11.1 Å². The third-order valence-corrected chi connectivity index (χ3v) is 8.00. The average molecular weight is 532 g/mol. The largest absolute Gasteiger partial charge is 0.493 e. The Morgan fingerprint density at radius 2 is 1.82 bits per heavy atom. The van der Waals surface area contributed by atoms with Gasteiger partial charge >= 0.3 is 5.97 Å². The molecule has 39 heavy (non-hydrogen) atoms. The number of esters is 1. The zero-order valence-corrected chi connectivity index (χ0v) is 23.1. The minimum atomic E-state index is -0.687. The first-order valence-corrected chi connectivity index (χ1v) is 13.6. The normalized spacial score (nSPS) is 19.3. The Kier molecular flexibility index (Phi) is 7.65. The van der Waals surface area contributed by atoms with E-state index in [2.05, 4.69) is 31.0 Å². The molecule has 2 aliphatic rings. The van der Waals surface area contributed by atoms with Crippen molar-refractivity contribution in [2.24, 2.45) is 17.3 Å². The van der Waals surface area contributed by atoms with Crippen LogP contribution in [0.4, 0.5) is 0 Å². The Morgan fingerprint density at radius 3 is 2.51 bits per heavy atom. The number of rotatable bonds is 11. The molecule has 3 atom stereocenters. The Labute approximate surface area is 229 Å². The number of aliphatic hydroxyl groups excluding tert-OH is 2. The van der Waals surface area contributed by atoms with Gasteiger partial charge in [0.2, 0.25) is 5.88 Å². The van der Waals surface area contributed by atoms with Crippen LogP contribution in [0.1, 0.15) is 47.6 Å². The highest BCUT2D eigenvalue weighted by Gasteiger charge is 2.60. The lowest BCUT2D eigenvalue weighted by molar-refractivity contribution is -0.145. The highest BCUT2D eigenvalue weighted by molar-refractivity contribution is 5.79. The van der Waals surface area contributed by atoms with E-state index < -0.39 is 5.41 Å². The first-order valence-electron chi connectivity index (χ1n) is 13.6. The second-order valence-corrected chi connectivity index (χ2v) is 11.2. The van der Waals surface area contributed by atoms with Crippen LogP contribution in [0.2, 0.25) is 0 Å². The van der Waals surface area contributed by atoms with Crippen LogP contribution >= 0.6 is 0 Å². The van der Waals surface area contributed by atoms with Crippen molar-refractivity contribution in [1.82, 2.24) is 4.98 Å². The Morgan fingerprint density at radius 1 is 1.08 bits per heavy atom. The van der Waals surface area contributed by atoms with Crippen LogP contribution in [-0.4, -0.2) is 47.6 Å². The molecule has 2 aromatic carbocycles. The standard InChI is InChI=1S/C32H37NO6/c1-5-37-31(36)30-25-12-23-13-27(33-14-26(23)29(25)30)38-15-21-7-6-8-22(11-21)28-19(2)9-24(10-20(28)3)39-18-32(4,16-34)17-35/h6-11,13-14,25,29-30,34-35H,5,12,15-18H2,1-4H3. The molecule has 1 saturated carbocycles. The molecule has 2 aliphatic carbocycles. The number of fused-ring (bicyclic) bond motifs is 3. The van der Waals surface area contributed by atoms with Crippen molar-refractivity contribution in [3.8, 4) is 22.8 Å². The van der Waals surface area contributed by atoms with Crippen molar-refractivity contribution in [2.45, 2.75) is 46.6 Å². The van der Waals surface area contributed by atoms with Crippen LogP contribution in [0.15, 0.2) is 48.7 Å². The summed E-state index contributed by atoms with van der Waals surface area (Å²) in [4.78, 5) is 16.7. The molecule has 0 saturated heterocycles. The second-order valence-electron chi connectivity index (χ2n) is 11.2. The summed E-state index contributed by atoms with van der Waals surface area (Å²) in [5.41, 5.74) is 7.13. The van der Waals surface area contributed by atoms with Gasteiger partial charge in [-0.2, -0.15) is 0 Å². The van der Waals surface area contributed by atoms with Crippen molar-refractivity contribution in [3.05, 3.63) is 76.5 Å². The molecule has 0 bridgehead atoms. The number of aryl methyl sites for hydroxylation is 2. The van der Waals surface area contributed by atoms with E-state index in [1.807, 2.05) is 43.5 Å². The first kappa shape index (κ1) is 27.2. The number of aromatic nitrogens is 1. The molecule has 0 aliphatic heterocycles. The maximum atomic E-state index is 12.1. The zero-order chi connectivity index (χ0) is 27.7. The summed E-state index contributed by atoms with van der Waals surface area (Å²) in [6.07, 6.45) is 2.74. The minimum Gasteiger partial charge on any atom is -0.493 e. The predicted octanol–water partition coefficient (Wildman–Crippen LogP) is 4.76. The number of carbonyl (C=O) groups excluding carboxylic acids is 1. The monoisotopic (exact) mass is 531 g/mol. The smallest absolute Gasteiger partial charge is 0.309 e. The molecule has 1 aromatic heterocycles. The fourth-order valence-corrected chi connectivity index (χ4v) is 5.74. The van der Waals surface area contributed by atoms with Crippen molar-refractivity contribution >= 4 is 5.97 Å². The molecule has 1 fully saturated rings. The quantitative estimate of drug-likeness (QED) is 0.344. The third-order valence-electron chi connectivity index (χ3n) is 8.00. The van der Waals surface area contributed by atoms with Gasteiger partial charge in [-0.3, -0.25) is 4.79 Å². The van der Waals surface area contributed by atoms with Gasteiger partial charge in [0.25, 0.3) is 0 Å². The zero-order valence-electron chi connectivity index (χ0n) is 23.1. The molecule has 206 valence electrons. The van der Waals surface area contributed by atoms with Gasteiger partial charge in [-0.15, -0.1) is 0 Å². The Bertz CT molecular complexity index is 1340. The summed E-state index contributed by atoms with van der Waals surface area (Å²) < 4.78 is 17.2. The van der Waals surface area contributed by atoms with Crippen LogP contribution in [0, 0.1) is 31.1 Å². The highest BCUT2D eigenvalue weighted by atomic mass is 16.5. The molecule has 7 heteroatoms. The molecule has 3 unspecified atom stereocenters. The van der Waals surface area contributed by atoms with Gasteiger partial charge in [0.1, 0.15) is 12.4 Å². The van der Waals surface area contributed by atoms with Crippen LogP contribution in [0.3, 0.4) is 0 Å². The maximum absolute atomic E-state index is 12.1. The molecule has 1 heterocycles. The second kappa shape index (κ2) is 11.0. The van der Waals surface area contributed by atoms with Gasteiger partial charge in [-0.05, 0) is 90.3 Å². The molecule has 2 N–H and O–H groups in total. The van der Waals surface area contributed by atoms with E-state index in [-0.39, 0.29) is 37.6 Å². The number of aliphatic hydroxyl groups is 2. The van der Waals surface area contributed by atoms with E-state index in [0.29, 0.717) is 25.0 Å². The molecule has 5 rings (SSSR count). The predicted molar refractivity (Wildman–Crippen MR) is 148 cm³/mol. The molecule has 3 aromatic rings. The van der Waals surface area contributed by atoms with Gasteiger partial charge in [0.05, 0.1) is 32.3 Å². The van der Waals surface area contributed by atoms with Gasteiger partial charge in [-0.1, -0.05) is 25.1 Å². The topological polar surface area (TPSA) is 98.1 Å². The number of hydrogen-bond acceptors (Lipinski definition) is 7. The maximum Gasteiger partial charge on any atom is 0.309 e. The lowest BCUT2D eigenvalue weighted by Gasteiger charge is -2.25. The summed E-state index contributed by atoms with van der Waals surface area (Å²) in [6, 6.07) is 14.3. The average Bonchev–Trinajstić information content (AvgIpc) is 3.52. The molecule has 0 spiro atoms. The van der Waals surface area contributed by atoms with Crippen LogP contribution < -0.4 is 9.47 Å². The number of pyridine rings is 1. The van der Waals surface area contributed by atoms with E-state index in [9.17, 15) is 15.0 Å². The number of hydrogen-bond donors (Lipinski definition) is 2. The van der Waals surface area contributed by atoms with E-state index >= 15 is 0 Å². The number of ether oxygens (including phenoxy) is 3. The number of benzene rings is 2. The first-order chi connectivity index (χ1) is 18.8. The summed E-state index contributed by atoms with van der Waals surface area (Å²) in [5, 5.41) is 19.1. The number of nitrogens with zero attached hydrogens (tertiary/aromatic N) is 1. The fraction of sp³-hybridized carbons (Fsp3) is 0.438. The Hall–Kier alpha value is -3.42. The minimum absolute atomic E-state index is 0.0115. The van der Waals surface area contributed by atoms with Crippen LogP contribution in [0.5, 0.6) is 11.6 Å². The summed E-state index contributed by atoms with van der Waals surface area (Å²) >= 11 is 0. The molecular weight excluding hydrogens is 494 g/mol. The highest BCUT2D eigenvalue weighted by Crippen LogP contribution is 2.61. The summed E-state index contributed by atoms with van der Waals surface area (Å²) in [7, 11) is 0. The lowest BCUT2D eigenvalue weighted by Crippen LogP contribution is -2.33. The van der Waals surface area contributed by atoms with Crippen molar-refractivity contribution < 1.29 is 29.2 Å². The number of carbonyl (C=O) groups is 1. The third kappa shape index (κ3) is 5.52. The van der Waals surface area contributed by atoms with Gasteiger partial charge in [0.15, 0.2) is 0 Å². The summed E-state index contributed by atoms with van der Waals surface area (Å²) in [6.45, 7) is 8.50. The fourth-order valence-electron chi connectivity index (χ4n) is 5.74. The van der Waals surface area contributed by atoms with E-state index in [4.69, 9.17) is 14.2 Å². The SMILES string of the molecule is CCOC(=O)C1C2Cc3cc(OCc4cccc(-c5c(C)cc(OCC(C)(CO)CO)cc5C)c4)ncc3C21. The molecule has 0 radical (unpaired) electrons. The van der Waals surface area contributed by atoms with Gasteiger partial charge in [-0.25, -0.2) is 4.98 Å². The van der Waals surface area contributed by atoms with E-state index in [0.717, 1.165) is 45.6 Å². The Balaban J connectivity index is 1.24. The van der Waals surface area contributed by atoms with Gasteiger partial charge in [0, 0.05) is 23.6 Å². The van der Waals surface area contributed by atoms with Crippen molar-refractivity contribution in [2.75, 3.05) is 26.4 Å².